The van der Waals surface area contributed by atoms with Crippen LogP contribution in [0.15, 0.2) is 22.7 Å². The number of nitrogens with one attached hydrogen (secondary N) is 2. The second kappa shape index (κ2) is 7.68. The van der Waals surface area contributed by atoms with Gasteiger partial charge in [0.25, 0.3) is 0 Å². The van der Waals surface area contributed by atoms with Crippen LogP contribution in [-0.4, -0.2) is 30.8 Å². The van der Waals surface area contributed by atoms with Gasteiger partial charge in [-0.2, -0.15) is 0 Å². The van der Waals surface area contributed by atoms with Gasteiger partial charge in [-0.15, -0.1) is 12.4 Å². The molecule has 3 N–H and O–H groups in total. The van der Waals surface area contributed by atoms with Gasteiger partial charge in [-0.1, -0.05) is 27.5 Å². The molecule has 1 saturated heterocycles. The fourth-order valence-corrected chi connectivity index (χ4v) is 2.59. The first-order chi connectivity index (χ1) is 8.16. The van der Waals surface area contributed by atoms with Gasteiger partial charge in [-0.05, 0) is 23.8 Å². The van der Waals surface area contributed by atoms with Crippen molar-refractivity contribution in [2.75, 3.05) is 19.6 Å². The summed E-state index contributed by atoms with van der Waals surface area (Å²) in [7, 11) is 0. The average molecular weight is 356 g/mol. The highest BCUT2D eigenvalue weighted by Crippen LogP contribution is 2.20. The van der Waals surface area contributed by atoms with Crippen LogP contribution >= 0.6 is 39.9 Å². The first-order valence-electron chi connectivity index (χ1n) is 5.70. The van der Waals surface area contributed by atoms with Crippen molar-refractivity contribution >= 4 is 39.9 Å². The van der Waals surface area contributed by atoms with E-state index in [4.69, 9.17) is 11.6 Å². The summed E-state index contributed by atoms with van der Waals surface area (Å²) in [4.78, 5) is 0. The summed E-state index contributed by atoms with van der Waals surface area (Å²) >= 11 is 9.53. The minimum absolute atomic E-state index is 0. The van der Waals surface area contributed by atoms with Crippen molar-refractivity contribution in [1.29, 1.82) is 0 Å². The van der Waals surface area contributed by atoms with Gasteiger partial charge in [0.05, 0.1) is 6.10 Å². The summed E-state index contributed by atoms with van der Waals surface area (Å²) in [6.07, 6.45) is -0.236. The Morgan fingerprint density at radius 2 is 2.22 bits per heavy atom. The molecule has 1 aromatic carbocycles. The van der Waals surface area contributed by atoms with Crippen LogP contribution < -0.4 is 10.6 Å². The Bertz CT molecular complexity index is 392. The molecule has 1 heterocycles. The van der Waals surface area contributed by atoms with Crippen LogP contribution in [0.1, 0.15) is 5.56 Å². The Hall–Kier alpha value is 0.160. The first-order valence-corrected chi connectivity index (χ1v) is 6.87. The maximum atomic E-state index is 9.65. The Morgan fingerprint density at radius 1 is 1.44 bits per heavy atom. The second-order valence-electron chi connectivity index (χ2n) is 4.35. The van der Waals surface area contributed by atoms with Gasteiger partial charge in [0.15, 0.2) is 0 Å². The Kier molecular flexibility index (Phi) is 6.92. The molecule has 2 unspecified atom stereocenters. The maximum Gasteiger partial charge on any atom is 0.0716 e. The van der Waals surface area contributed by atoms with Crippen LogP contribution in [0.5, 0.6) is 0 Å². The molecule has 0 radical (unpaired) electrons. The van der Waals surface area contributed by atoms with E-state index in [1.165, 1.54) is 0 Å². The van der Waals surface area contributed by atoms with Crippen LogP contribution in [0, 0.1) is 5.92 Å². The van der Waals surface area contributed by atoms with Crippen molar-refractivity contribution in [3.63, 3.8) is 0 Å². The summed E-state index contributed by atoms with van der Waals surface area (Å²) in [5, 5.41) is 16.9. The lowest BCUT2D eigenvalue weighted by Crippen LogP contribution is -2.30. The van der Waals surface area contributed by atoms with Crippen molar-refractivity contribution in [2.24, 2.45) is 5.92 Å². The van der Waals surface area contributed by atoms with E-state index in [-0.39, 0.29) is 18.5 Å². The van der Waals surface area contributed by atoms with Gasteiger partial charge in [-0.25, -0.2) is 0 Å². The third kappa shape index (κ3) is 4.37. The monoisotopic (exact) mass is 354 g/mol. The van der Waals surface area contributed by atoms with Crippen LogP contribution in [0.25, 0.3) is 0 Å². The Balaban J connectivity index is 0.00000162. The minimum Gasteiger partial charge on any atom is -0.391 e. The lowest BCUT2D eigenvalue weighted by Gasteiger charge is -2.14. The molecule has 18 heavy (non-hydrogen) atoms. The summed E-state index contributed by atoms with van der Waals surface area (Å²) in [5.74, 6) is 0.293. The number of halogens is 3. The number of β-amino-alcohol motifs (C(OH)–C–C–N with tert-alkyl or cyclic N) is 1. The molecule has 2 atom stereocenters. The molecule has 0 saturated carbocycles. The fourth-order valence-electron chi connectivity index (χ4n) is 2.00. The molecule has 1 aliphatic rings. The van der Waals surface area contributed by atoms with E-state index < -0.39 is 0 Å². The van der Waals surface area contributed by atoms with Crippen LogP contribution in [0.3, 0.4) is 0 Å². The molecule has 0 aliphatic carbocycles. The molecule has 0 amide bonds. The molecule has 0 bridgehead atoms. The van der Waals surface area contributed by atoms with Gasteiger partial charge in [0, 0.05) is 41.6 Å². The van der Waals surface area contributed by atoms with E-state index in [1.54, 1.807) is 0 Å². The van der Waals surface area contributed by atoms with E-state index in [1.807, 2.05) is 18.2 Å². The molecule has 1 fully saturated rings. The third-order valence-electron chi connectivity index (χ3n) is 3.03. The highest BCUT2D eigenvalue weighted by Gasteiger charge is 2.24. The van der Waals surface area contributed by atoms with Gasteiger partial charge in [0.2, 0.25) is 0 Å². The SMILES string of the molecule is Cl.OC1CNCC1CNCc1cc(Br)ccc1Cl. The summed E-state index contributed by atoms with van der Waals surface area (Å²) in [6, 6.07) is 5.82. The fraction of sp³-hybridized carbons (Fsp3) is 0.500. The van der Waals surface area contributed by atoms with E-state index in [2.05, 4.69) is 26.6 Å². The minimum atomic E-state index is -0.236. The molecule has 0 spiro atoms. The molecule has 3 nitrogen and oxygen atoms in total. The van der Waals surface area contributed by atoms with Gasteiger partial charge >= 0.3 is 0 Å². The second-order valence-corrected chi connectivity index (χ2v) is 5.68. The molecular weight excluding hydrogens is 339 g/mol. The number of aliphatic hydroxyl groups excluding tert-OH is 1. The van der Waals surface area contributed by atoms with Crippen LogP contribution in [0.4, 0.5) is 0 Å². The Labute approximate surface area is 127 Å². The maximum absolute atomic E-state index is 9.65. The number of hydrogen-bond acceptors (Lipinski definition) is 3. The quantitative estimate of drug-likeness (QED) is 0.775. The Morgan fingerprint density at radius 3 is 2.89 bits per heavy atom. The summed E-state index contributed by atoms with van der Waals surface area (Å²) in [6.45, 7) is 3.10. The standard InChI is InChI=1S/C12H16BrClN2O.ClH/c13-10-1-2-11(14)8(3-10)4-15-5-9-6-16-7-12(9)17;/h1-3,9,12,15-17H,4-7H2;1H. The highest BCUT2D eigenvalue weighted by molar-refractivity contribution is 9.10. The van der Waals surface area contributed by atoms with Crippen molar-refractivity contribution < 1.29 is 5.11 Å². The zero-order valence-corrected chi connectivity index (χ0v) is 13.0. The van der Waals surface area contributed by atoms with E-state index >= 15 is 0 Å². The molecule has 1 aliphatic heterocycles. The van der Waals surface area contributed by atoms with Gasteiger partial charge in [-0.3, -0.25) is 0 Å². The molecule has 1 aromatic rings. The van der Waals surface area contributed by atoms with Gasteiger partial charge < -0.3 is 15.7 Å². The number of rotatable bonds is 4. The molecule has 102 valence electrons. The van der Waals surface area contributed by atoms with Crippen molar-refractivity contribution in [3.05, 3.63) is 33.3 Å². The van der Waals surface area contributed by atoms with Crippen LogP contribution in [-0.2, 0) is 6.54 Å². The van der Waals surface area contributed by atoms with Crippen molar-refractivity contribution in [2.45, 2.75) is 12.6 Å². The van der Waals surface area contributed by atoms with Gasteiger partial charge in [0.1, 0.15) is 0 Å². The molecule has 2 rings (SSSR count). The van der Waals surface area contributed by atoms with E-state index in [9.17, 15) is 5.11 Å². The lowest BCUT2D eigenvalue weighted by atomic mass is 10.1. The number of hydrogen-bond donors (Lipinski definition) is 3. The summed E-state index contributed by atoms with van der Waals surface area (Å²) in [5.41, 5.74) is 1.07. The number of benzene rings is 1. The average Bonchev–Trinajstić information content (AvgIpc) is 2.70. The first kappa shape index (κ1) is 16.2. The van der Waals surface area contributed by atoms with E-state index in [0.29, 0.717) is 12.5 Å². The third-order valence-corrected chi connectivity index (χ3v) is 3.90. The molecular formula is C12H17BrCl2N2O. The molecule has 6 heteroatoms. The van der Waals surface area contributed by atoms with E-state index in [0.717, 1.165) is 34.7 Å². The van der Waals surface area contributed by atoms with Crippen LogP contribution in [0.2, 0.25) is 5.02 Å². The highest BCUT2D eigenvalue weighted by atomic mass is 79.9. The van der Waals surface area contributed by atoms with Crippen molar-refractivity contribution in [3.8, 4) is 0 Å². The van der Waals surface area contributed by atoms with Crippen molar-refractivity contribution in [1.82, 2.24) is 10.6 Å². The normalized spacial score (nSPS) is 22.8. The zero-order valence-electron chi connectivity index (χ0n) is 9.83. The molecule has 0 aromatic heterocycles. The summed E-state index contributed by atoms with van der Waals surface area (Å²) < 4.78 is 1.03. The largest absolute Gasteiger partial charge is 0.391 e. The predicted octanol–water partition coefficient (Wildman–Crippen LogP) is 2.19. The number of aliphatic hydroxyl groups is 1. The lowest BCUT2D eigenvalue weighted by molar-refractivity contribution is 0.146. The predicted molar refractivity (Wildman–Crippen MR) is 80.5 cm³/mol. The zero-order chi connectivity index (χ0) is 12.3. The topological polar surface area (TPSA) is 44.3 Å². The smallest absolute Gasteiger partial charge is 0.0716 e.